The molecule has 0 unspecified atom stereocenters. The molecular formula is C23H38N4O2. The molecule has 0 saturated carbocycles. The lowest BCUT2D eigenvalue weighted by Gasteiger charge is -2.34. The molecule has 6 heteroatoms. The number of amides is 1. The Bertz CT molecular complexity index is 617. The van der Waals surface area contributed by atoms with Gasteiger partial charge in [0.25, 0.3) is 0 Å². The van der Waals surface area contributed by atoms with Crippen molar-refractivity contribution in [1.82, 2.24) is 20.4 Å². The summed E-state index contributed by atoms with van der Waals surface area (Å²) < 4.78 is 5.05. The Balaban J connectivity index is 1.45. The Kier molecular flexibility index (Phi) is 8.48. The number of nitrogens with one attached hydrogen (secondary N) is 2. The Labute approximate surface area is 176 Å². The van der Waals surface area contributed by atoms with Gasteiger partial charge in [0.05, 0.1) is 12.6 Å². The van der Waals surface area contributed by atoms with E-state index in [1.807, 2.05) is 0 Å². The maximum absolute atomic E-state index is 12.6. The first-order chi connectivity index (χ1) is 14.1. The highest BCUT2D eigenvalue weighted by atomic mass is 16.5. The highest BCUT2D eigenvalue weighted by molar-refractivity contribution is 5.82. The number of hydrogen-bond donors (Lipinski definition) is 2. The van der Waals surface area contributed by atoms with E-state index in [2.05, 4.69) is 64.6 Å². The van der Waals surface area contributed by atoms with Gasteiger partial charge >= 0.3 is 0 Å². The minimum atomic E-state index is -0.0393. The van der Waals surface area contributed by atoms with E-state index in [-0.39, 0.29) is 11.9 Å². The molecule has 29 heavy (non-hydrogen) atoms. The van der Waals surface area contributed by atoms with Crippen LogP contribution >= 0.6 is 0 Å². The SMILES string of the molecule is COCCNC(=O)[C@@H]1C[C@H](NC2CCN(Cc3ccccc3)CC2)CN1C(C)C. The van der Waals surface area contributed by atoms with Gasteiger partial charge in [0, 0.05) is 44.9 Å². The van der Waals surface area contributed by atoms with Crippen molar-refractivity contribution in [3.05, 3.63) is 35.9 Å². The predicted molar refractivity (Wildman–Crippen MR) is 117 cm³/mol. The highest BCUT2D eigenvalue weighted by Crippen LogP contribution is 2.23. The third-order valence-corrected chi connectivity index (χ3v) is 6.22. The number of methoxy groups -OCH3 is 1. The minimum Gasteiger partial charge on any atom is -0.383 e. The average molecular weight is 403 g/mol. The molecule has 0 spiro atoms. The van der Waals surface area contributed by atoms with Crippen LogP contribution in [0.2, 0.25) is 0 Å². The maximum Gasteiger partial charge on any atom is 0.237 e. The molecule has 0 aliphatic carbocycles. The predicted octanol–water partition coefficient (Wildman–Crippen LogP) is 1.85. The lowest BCUT2D eigenvalue weighted by atomic mass is 10.0. The molecular weight excluding hydrogens is 364 g/mol. The van der Waals surface area contributed by atoms with E-state index in [4.69, 9.17) is 4.74 Å². The summed E-state index contributed by atoms with van der Waals surface area (Å²) in [6.45, 7) is 9.76. The quantitative estimate of drug-likeness (QED) is 0.618. The van der Waals surface area contributed by atoms with Crippen LogP contribution in [0, 0.1) is 0 Å². The first kappa shape index (κ1) is 22.2. The molecule has 2 atom stereocenters. The van der Waals surface area contributed by atoms with E-state index in [0.717, 1.165) is 32.6 Å². The lowest BCUT2D eigenvalue weighted by molar-refractivity contribution is -0.126. The zero-order valence-corrected chi connectivity index (χ0v) is 18.3. The Morgan fingerprint density at radius 3 is 2.55 bits per heavy atom. The Morgan fingerprint density at radius 1 is 1.17 bits per heavy atom. The number of carbonyl (C=O) groups excluding carboxylic acids is 1. The van der Waals surface area contributed by atoms with Crippen LogP contribution in [-0.4, -0.2) is 79.8 Å². The van der Waals surface area contributed by atoms with Crippen LogP contribution < -0.4 is 10.6 Å². The molecule has 0 aromatic heterocycles. The number of rotatable bonds is 9. The monoisotopic (exact) mass is 402 g/mol. The number of carbonyl (C=O) groups is 1. The number of likely N-dealkylation sites (tertiary alicyclic amines) is 2. The molecule has 0 radical (unpaired) electrons. The van der Waals surface area contributed by atoms with Crippen molar-refractivity contribution in [1.29, 1.82) is 0 Å². The van der Waals surface area contributed by atoms with Gasteiger partial charge in [-0.1, -0.05) is 30.3 Å². The third-order valence-electron chi connectivity index (χ3n) is 6.22. The molecule has 0 bridgehead atoms. The second-order valence-corrected chi connectivity index (χ2v) is 8.73. The number of nitrogens with zero attached hydrogens (tertiary/aromatic N) is 2. The van der Waals surface area contributed by atoms with E-state index < -0.39 is 0 Å². The number of benzene rings is 1. The van der Waals surface area contributed by atoms with E-state index in [1.54, 1.807) is 7.11 Å². The summed E-state index contributed by atoms with van der Waals surface area (Å²) in [4.78, 5) is 17.5. The fraction of sp³-hybridized carbons (Fsp3) is 0.696. The minimum absolute atomic E-state index is 0.0393. The highest BCUT2D eigenvalue weighted by Gasteiger charge is 2.38. The number of piperidine rings is 1. The summed E-state index contributed by atoms with van der Waals surface area (Å²) in [5, 5.41) is 6.89. The average Bonchev–Trinajstić information content (AvgIpc) is 3.15. The van der Waals surface area contributed by atoms with Gasteiger partial charge in [-0.2, -0.15) is 0 Å². The van der Waals surface area contributed by atoms with Crippen LogP contribution in [0.15, 0.2) is 30.3 Å². The van der Waals surface area contributed by atoms with E-state index in [0.29, 0.717) is 31.3 Å². The summed E-state index contributed by atoms with van der Waals surface area (Å²) in [5.74, 6) is 0.137. The molecule has 2 N–H and O–H groups in total. The van der Waals surface area contributed by atoms with Crippen LogP contribution in [0.25, 0.3) is 0 Å². The van der Waals surface area contributed by atoms with Crippen molar-refractivity contribution < 1.29 is 9.53 Å². The standard InChI is InChI=1S/C23H38N4O2/c1-18(2)27-17-21(15-22(27)23(28)24-11-14-29-3)25-20-9-12-26(13-10-20)16-19-7-5-4-6-8-19/h4-8,18,20-22,25H,9-17H2,1-3H3,(H,24,28)/t21-,22-/m0/s1. The summed E-state index contributed by atoms with van der Waals surface area (Å²) in [6, 6.07) is 12.0. The molecule has 2 fully saturated rings. The first-order valence-electron chi connectivity index (χ1n) is 11.1. The van der Waals surface area contributed by atoms with Crippen molar-refractivity contribution in [3.8, 4) is 0 Å². The van der Waals surface area contributed by atoms with Gasteiger partial charge in [-0.3, -0.25) is 14.6 Å². The Hall–Kier alpha value is -1.47. The number of hydrogen-bond acceptors (Lipinski definition) is 5. The maximum atomic E-state index is 12.6. The van der Waals surface area contributed by atoms with Crippen LogP contribution in [0.3, 0.4) is 0 Å². The fourth-order valence-corrected chi connectivity index (χ4v) is 4.64. The summed E-state index contributed by atoms with van der Waals surface area (Å²) in [5.41, 5.74) is 1.39. The topological polar surface area (TPSA) is 56.8 Å². The molecule has 2 aliphatic rings. The molecule has 2 aliphatic heterocycles. The van der Waals surface area contributed by atoms with Crippen LogP contribution in [-0.2, 0) is 16.1 Å². The van der Waals surface area contributed by atoms with Gasteiger partial charge in [0.1, 0.15) is 0 Å². The molecule has 6 nitrogen and oxygen atoms in total. The molecule has 1 amide bonds. The lowest BCUT2D eigenvalue weighted by Crippen LogP contribution is -2.47. The molecule has 2 heterocycles. The Morgan fingerprint density at radius 2 is 1.90 bits per heavy atom. The van der Waals surface area contributed by atoms with Gasteiger partial charge in [-0.15, -0.1) is 0 Å². The largest absolute Gasteiger partial charge is 0.383 e. The normalized spacial score (nSPS) is 24.3. The molecule has 3 rings (SSSR count). The van der Waals surface area contributed by atoms with Crippen LogP contribution in [0.5, 0.6) is 0 Å². The first-order valence-corrected chi connectivity index (χ1v) is 11.1. The van der Waals surface area contributed by atoms with Gasteiger partial charge in [0.15, 0.2) is 0 Å². The van der Waals surface area contributed by atoms with Gasteiger partial charge < -0.3 is 15.4 Å². The van der Waals surface area contributed by atoms with Crippen molar-refractivity contribution in [3.63, 3.8) is 0 Å². The summed E-state index contributed by atoms with van der Waals surface area (Å²) in [6.07, 6.45) is 3.24. The van der Waals surface area contributed by atoms with Gasteiger partial charge in [0.2, 0.25) is 5.91 Å². The zero-order chi connectivity index (χ0) is 20.6. The van der Waals surface area contributed by atoms with Crippen molar-refractivity contribution in [2.75, 3.05) is 39.9 Å². The van der Waals surface area contributed by atoms with E-state index >= 15 is 0 Å². The van der Waals surface area contributed by atoms with Crippen molar-refractivity contribution in [2.45, 2.75) is 63.8 Å². The summed E-state index contributed by atoms with van der Waals surface area (Å²) in [7, 11) is 1.66. The van der Waals surface area contributed by atoms with Crippen molar-refractivity contribution in [2.24, 2.45) is 0 Å². The smallest absolute Gasteiger partial charge is 0.237 e. The third kappa shape index (κ3) is 6.51. The van der Waals surface area contributed by atoms with Crippen LogP contribution in [0.1, 0.15) is 38.7 Å². The zero-order valence-electron chi connectivity index (χ0n) is 18.3. The molecule has 1 aromatic rings. The van der Waals surface area contributed by atoms with E-state index in [1.165, 1.54) is 18.4 Å². The molecule has 1 aromatic carbocycles. The van der Waals surface area contributed by atoms with Crippen molar-refractivity contribution >= 4 is 5.91 Å². The summed E-state index contributed by atoms with van der Waals surface area (Å²) >= 11 is 0. The second kappa shape index (κ2) is 11.1. The molecule has 162 valence electrons. The van der Waals surface area contributed by atoms with Gasteiger partial charge in [-0.25, -0.2) is 0 Å². The fourth-order valence-electron chi connectivity index (χ4n) is 4.64. The second-order valence-electron chi connectivity index (χ2n) is 8.73. The van der Waals surface area contributed by atoms with E-state index in [9.17, 15) is 4.79 Å². The molecule has 2 saturated heterocycles. The number of ether oxygens (including phenoxy) is 1. The van der Waals surface area contributed by atoms with Crippen LogP contribution in [0.4, 0.5) is 0 Å². The van der Waals surface area contributed by atoms with Gasteiger partial charge in [-0.05, 0) is 51.8 Å².